The van der Waals surface area contributed by atoms with Crippen molar-refractivity contribution in [1.29, 1.82) is 0 Å². The molecule has 190 valence electrons. The summed E-state index contributed by atoms with van der Waals surface area (Å²) in [5.74, 6) is 0.105. The molecule has 36 heavy (non-hydrogen) atoms. The van der Waals surface area contributed by atoms with Gasteiger partial charge in [0.25, 0.3) is 0 Å². The third-order valence-corrected chi connectivity index (χ3v) is 7.06. The molecule has 3 aromatic carbocycles. The van der Waals surface area contributed by atoms with E-state index < -0.39 is 11.7 Å². The lowest BCUT2D eigenvalue weighted by Crippen LogP contribution is -2.39. The number of benzene rings is 3. The van der Waals surface area contributed by atoms with E-state index in [1.165, 1.54) is 0 Å². The number of hydrogen-bond donors (Lipinski definition) is 0. The molecule has 0 bridgehead atoms. The molecule has 1 heterocycles. The summed E-state index contributed by atoms with van der Waals surface area (Å²) >= 11 is 0. The summed E-state index contributed by atoms with van der Waals surface area (Å²) < 4.78 is 44.5. The van der Waals surface area contributed by atoms with Crippen LogP contribution in [0, 0.1) is 5.92 Å². The molecule has 4 heteroatoms. The van der Waals surface area contributed by atoms with Crippen molar-refractivity contribution in [2.24, 2.45) is 5.92 Å². The van der Waals surface area contributed by atoms with Gasteiger partial charge in [-0.2, -0.15) is 13.2 Å². The number of alkyl halides is 3. The van der Waals surface area contributed by atoms with E-state index in [9.17, 15) is 13.2 Å². The fourth-order valence-electron chi connectivity index (χ4n) is 5.45. The van der Waals surface area contributed by atoms with E-state index in [0.29, 0.717) is 30.1 Å². The molecule has 1 fully saturated rings. The average molecular weight is 492 g/mol. The second-order valence-corrected chi connectivity index (χ2v) is 10.4. The van der Waals surface area contributed by atoms with Gasteiger partial charge in [0, 0.05) is 12.6 Å². The van der Waals surface area contributed by atoms with E-state index in [4.69, 9.17) is 0 Å². The molecule has 3 aromatic rings. The van der Waals surface area contributed by atoms with Gasteiger partial charge in [-0.05, 0) is 65.8 Å². The molecule has 1 aliphatic heterocycles. The summed E-state index contributed by atoms with van der Waals surface area (Å²) in [5.41, 5.74) is 3.11. The second kappa shape index (κ2) is 11.4. The van der Waals surface area contributed by atoms with Gasteiger partial charge in [-0.1, -0.05) is 99.7 Å². The predicted molar refractivity (Wildman–Crippen MR) is 145 cm³/mol. The molecule has 2 unspecified atom stereocenters. The third kappa shape index (κ3) is 6.21. The summed E-state index contributed by atoms with van der Waals surface area (Å²) in [7, 11) is 0. The molecule has 0 saturated carbocycles. The zero-order valence-electron chi connectivity index (χ0n) is 21.4. The predicted octanol–water partition coefficient (Wildman–Crippen LogP) is 9.59. The molecule has 1 saturated heterocycles. The molecule has 0 spiro atoms. The summed E-state index contributed by atoms with van der Waals surface area (Å²) in [6, 6.07) is 23.2. The minimum Gasteiger partial charge on any atom is -0.365 e. The van der Waals surface area contributed by atoms with Crippen molar-refractivity contribution in [1.82, 2.24) is 0 Å². The maximum absolute atomic E-state index is 14.8. The maximum atomic E-state index is 14.8. The Labute approximate surface area is 213 Å². The minimum absolute atomic E-state index is 0.0839. The van der Waals surface area contributed by atoms with Crippen LogP contribution in [0.25, 0.3) is 17.2 Å². The second-order valence-electron chi connectivity index (χ2n) is 10.4. The highest BCUT2D eigenvalue weighted by Gasteiger charge is 2.40. The van der Waals surface area contributed by atoms with E-state index >= 15 is 0 Å². The van der Waals surface area contributed by atoms with Crippen LogP contribution >= 0.6 is 0 Å². The molecule has 0 N–H and O–H groups in total. The first-order valence-corrected chi connectivity index (χ1v) is 13.0. The topological polar surface area (TPSA) is 3.24 Å². The van der Waals surface area contributed by atoms with Crippen molar-refractivity contribution >= 4 is 11.8 Å². The zero-order chi connectivity index (χ0) is 25.7. The molecule has 4 rings (SSSR count). The Morgan fingerprint density at radius 3 is 2.19 bits per heavy atom. The summed E-state index contributed by atoms with van der Waals surface area (Å²) in [4.78, 5) is 2.00. The first kappa shape index (κ1) is 26.1. The molecular weight excluding hydrogens is 455 g/mol. The Morgan fingerprint density at radius 1 is 0.889 bits per heavy atom. The van der Waals surface area contributed by atoms with Crippen LogP contribution in [-0.4, -0.2) is 12.6 Å². The van der Waals surface area contributed by atoms with Gasteiger partial charge in [0.1, 0.15) is 0 Å². The molecule has 0 amide bonds. The summed E-state index contributed by atoms with van der Waals surface area (Å²) in [5, 5.41) is 0. The van der Waals surface area contributed by atoms with E-state index in [2.05, 4.69) is 19.9 Å². The normalized spacial score (nSPS) is 17.6. The van der Waals surface area contributed by atoms with Crippen molar-refractivity contribution in [3.8, 4) is 11.1 Å². The number of nitrogens with zero attached hydrogens (tertiary/aromatic N) is 1. The average Bonchev–Trinajstić information content (AvgIpc) is 2.87. The van der Waals surface area contributed by atoms with Crippen molar-refractivity contribution in [2.45, 2.75) is 64.6 Å². The van der Waals surface area contributed by atoms with E-state index in [1.54, 1.807) is 12.1 Å². The number of piperidine rings is 1. The number of hydrogen-bond acceptors (Lipinski definition) is 1. The van der Waals surface area contributed by atoms with Crippen LogP contribution in [0.5, 0.6) is 0 Å². The van der Waals surface area contributed by atoms with E-state index in [1.807, 2.05) is 78.6 Å². The SMILES string of the molecule is CC(C)CC(C)c1cc(-c2ccccc2)cc(N2CCCCC2C=Cc2ccccc2)c1C(F)(F)F. The Kier molecular flexibility index (Phi) is 8.23. The summed E-state index contributed by atoms with van der Waals surface area (Å²) in [6.07, 6.45) is 3.14. The monoisotopic (exact) mass is 491 g/mol. The van der Waals surface area contributed by atoms with Gasteiger partial charge in [-0.15, -0.1) is 0 Å². The first-order chi connectivity index (χ1) is 17.2. The van der Waals surface area contributed by atoms with Gasteiger partial charge in [0.05, 0.1) is 11.3 Å². The lowest BCUT2D eigenvalue weighted by Gasteiger charge is -2.39. The van der Waals surface area contributed by atoms with Gasteiger partial charge < -0.3 is 4.90 Å². The van der Waals surface area contributed by atoms with Crippen LogP contribution < -0.4 is 4.90 Å². The number of anilines is 1. The Morgan fingerprint density at radius 2 is 1.56 bits per heavy atom. The zero-order valence-corrected chi connectivity index (χ0v) is 21.4. The standard InChI is InChI=1S/C32H36F3N/c1-23(2)20-24(3)29-21-27(26-14-8-5-9-15-26)22-30(31(29)32(33,34)35)36-19-11-10-16-28(36)18-17-25-12-6-4-7-13-25/h4-9,12-15,17-18,21-24,28H,10-11,16,19-20H2,1-3H3. The van der Waals surface area contributed by atoms with Gasteiger partial charge >= 0.3 is 6.18 Å². The Hall–Kier alpha value is -3.01. The maximum Gasteiger partial charge on any atom is 0.418 e. The quantitative estimate of drug-likeness (QED) is 0.318. The number of rotatable bonds is 7. The van der Waals surface area contributed by atoms with Gasteiger partial charge in [-0.3, -0.25) is 0 Å². The fraction of sp³-hybridized carbons (Fsp3) is 0.375. The van der Waals surface area contributed by atoms with Crippen LogP contribution in [0.1, 0.15) is 69.1 Å². The lowest BCUT2D eigenvalue weighted by molar-refractivity contribution is -0.138. The van der Waals surface area contributed by atoms with Crippen LogP contribution in [0.4, 0.5) is 18.9 Å². The highest BCUT2D eigenvalue weighted by molar-refractivity contribution is 5.74. The summed E-state index contributed by atoms with van der Waals surface area (Å²) in [6.45, 7) is 6.69. The highest BCUT2D eigenvalue weighted by atomic mass is 19.4. The van der Waals surface area contributed by atoms with Crippen molar-refractivity contribution < 1.29 is 13.2 Å². The van der Waals surface area contributed by atoms with Crippen LogP contribution in [-0.2, 0) is 6.18 Å². The molecule has 0 aliphatic carbocycles. The molecule has 0 radical (unpaired) electrons. The number of halogens is 3. The lowest BCUT2D eigenvalue weighted by atomic mass is 9.85. The largest absolute Gasteiger partial charge is 0.418 e. The highest BCUT2D eigenvalue weighted by Crippen LogP contribution is 2.46. The smallest absolute Gasteiger partial charge is 0.365 e. The van der Waals surface area contributed by atoms with Crippen LogP contribution in [0.15, 0.2) is 78.9 Å². The Balaban J connectivity index is 1.87. The van der Waals surface area contributed by atoms with Crippen molar-refractivity contribution in [2.75, 3.05) is 11.4 Å². The first-order valence-electron chi connectivity index (χ1n) is 13.0. The minimum atomic E-state index is -4.43. The molecule has 0 aromatic heterocycles. The molecule has 2 atom stereocenters. The third-order valence-electron chi connectivity index (χ3n) is 7.06. The van der Waals surface area contributed by atoms with E-state index in [0.717, 1.165) is 36.0 Å². The van der Waals surface area contributed by atoms with Crippen LogP contribution in [0.3, 0.4) is 0 Å². The molecule has 1 nitrogen and oxygen atoms in total. The van der Waals surface area contributed by atoms with Gasteiger partial charge in [0.2, 0.25) is 0 Å². The van der Waals surface area contributed by atoms with E-state index in [-0.39, 0.29) is 12.0 Å². The molecule has 1 aliphatic rings. The van der Waals surface area contributed by atoms with Gasteiger partial charge in [0.15, 0.2) is 0 Å². The molecular formula is C32H36F3N. The van der Waals surface area contributed by atoms with Crippen LogP contribution in [0.2, 0.25) is 0 Å². The van der Waals surface area contributed by atoms with Crippen molar-refractivity contribution in [3.63, 3.8) is 0 Å². The Bertz CT molecular complexity index is 1150. The van der Waals surface area contributed by atoms with Gasteiger partial charge in [-0.25, -0.2) is 0 Å². The fourth-order valence-corrected chi connectivity index (χ4v) is 5.45. The van der Waals surface area contributed by atoms with Crippen molar-refractivity contribution in [3.05, 3.63) is 95.6 Å².